The molecule has 1 aliphatic heterocycles. The first-order valence-corrected chi connectivity index (χ1v) is 5.84. The number of nitrogens with zero attached hydrogens (tertiary/aromatic N) is 1. The highest BCUT2D eigenvalue weighted by Gasteiger charge is 2.37. The molecule has 2 amide bonds. The molecule has 94 valence electrons. The molecule has 1 aromatic rings. The number of nitrogens with two attached hydrogens (primary N) is 1. The van der Waals surface area contributed by atoms with Gasteiger partial charge in [0.05, 0.1) is 11.3 Å². The average molecular weight is 315 g/mol. The summed E-state index contributed by atoms with van der Waals surface area (Å²) in [7, 11) is 0. The number of halogens is 2. The summed E-state index contributed by atoms with van der Waals surface area (Å²) in [6.45, 7) is -0.00284. The molecular formula is C11H8BrFN2O3. The molecule has 1 aromatic carbocycles. The fraction of sp³-hybridized carbons (Fsp3) is 0.182. The quantitative estimate of drug-likeness (QED) is 0.845. The fourth-order valence-corrected chi connectivity index (χ4v) is 2.43. The van der Waals surface area contributed by atoms with Crippen LogP contribution >= 0.6 is 15.9 Å². The van der Waals surface area contributed by atoms with Crippen LogP contribution in [0.15, 0.2) is 16.6 Å². The highest BCUT2D eigenvalue weighted by molar-refractivity contribution is 9.10. The Balaban J connectivity index is 2.45. The van der Waals surface area contributed by atoms with Crippen LogP contribution in [0, 0.1) is 5.82 Å². The van der Waals surface area contributed by atoms with Gasteiger partial charge in [0, 0.05) is 17.4 Å². The predicted octanol–water partition coefficient (Wildman–Crippen LogP) is 0.993. The van der Waals surface area contributed by atoms with Crippen LogP contribution in [0.4, 0.5) is 10.1 Å². The van der Waals surface area contributed by atoms with Gasteiger partial charge in [0.25, 0.3) is 11.7 Å². The van der Waals surface area contributed by atoms with Gasteiger partial charge in [-0.3, -0.25) is 14.4 Å². The second kappa shape index (κ2) is 4.49. The summed E-state index contributed by atoms with van der Waals surface area (Å²) in [5.74, 6) is -2.76. The van der Waals surface area contributed by atoms with Gasteiger partial charge < -0.3 is 10.6 Å². The molecule has 2 rings (SSSR count). The topological polar surface area (TPSA) is 80.5 Å². The summed E-state index contributed by atoms with van der Waals surface area (Å²) in [6, 6.07) is 2.16. The largest absolute Gasteiger partial charge is 0.370 e. The van der Waals surface area contributed by atoms with Gasteiger partial charge in [-0.2, -0.15) is 0 Å². The van der Waals surface area contributed by atoms with Gasteiger partial charge in [-0.15, -0.1) is 0 Å². The van der Waals surface area contributed by atoms with E-state index in [0.29, 0.717) is 4.47 Å². The molecule has 0 atom stereocenters. The van der Waals surface area contributed by atoms with Crippen LogP contribution in [0.3, 0.4) is 0 Å². The number of carbonyl (C=O) groups excluding carboxylic acids is 3. The van der Waals surface area contributed by atoms with Gasteiger partial charge in [0.1, 0.15) is 5.82 Å². The number of benzene rings is 1. The van der Waals surface area contributed by atoms with Crippen LogP contribution in [0.25, 0.3) is 0 Å². The SMILES string of the molecule is NC(=O)CCN1C(=O)C(=O)c2cc(F)cc(Br)c21. The van der Waals surface area contributed by atoms with Crippen molar-refractivity contribution < 1.29 is 18.8 Å². The van der Waals surface area contributed by atoms with E-state index >= 15 is 0 Å². The second-order valence-corrected chi connectivity index (χ2v) is 4.64. The van der Waals surface area contributed by atoms with Gasteiger partial charge >= 0.3 is 0 Å². The Hall–Kier alpha value is -1.76. The highest BCUT2D eigenvalue weighted by Crippen LogP contribution is 2.36. The summed E-state index contributed by atoms with van der Waals surface area (Å²) in [5.41, 5.74) is 5.28. The van der Waals surface area contributed by atoms with Crippen LogP contribution in [0.1, 0.15) is 16.8 Å². The van der Waals surface area contributed by atoms with Crippen molar-refractivity contribution in [1.82, 2.24) is 0 Å². The molecule has 18 heavy (non-hydrogen) atoms. The number of primary amides is 1. The summed E-state index contributed by atoms with van der Waals surface area (Å²) < 4.78 is 13.5. The summed E-state index contributed by atoms with van der Waals surface area (Å²) in [5, 5.41) is 0. The average Bonchev–Trinajstić information content (AvgIpc) is 2.51. The lowest BCUT2D eigenvalue weighted by Gasteiger charge is -2.16. The molecular weight excluding hydrogens is 307 g/mol. The molecule has 0 fully saturated rings. The molecule has 0 unspecified atom stereocenters. The first-order valence-electron chi connectivity index (χ1n) is 5.05. The van der Waals surface area contributed by atoms with Crippen LogP contribution in [0.5, 0.6) is 0 Å². The van der Waals surface area contributed by atoms with Crippen molar-refractivity contribution in [1.29, 1.82) is 0 Å². The Morgan fingerprint density at radius 1 is 1.39 bits per heavy atom. The molecule has 0 saturated heterocycles. The van der Waals surface area contributed by atoms with Crippen molar-refractivity contribution in [3.05, 3.63) is 28.0 Å². The highest BCUT2D eigenvalue weighted by atomic mass is 79.9. The zero-order valence-corrected chi connectivity index (χ0v) is 10.7. The summed E-state index contributed by atoms with van der Waals surface area (Å²) in [6.07, 6.45) is -0.0672. The lowest BCUT2D eigenvalue weighted by atomic mass is 10.1. The molecule has 0 saturated carbocycles. The minimum atomic E-state index is -0.783. The van der Waals surface area contributed by atoms with Gasteiger partial charge in [-0.05, 0) is 28.1 Å². The number of carbonyl (C=O) groups is 3. The molecule has 5 nitrogen and oxygen atoms in total. The molecule has 0 radical (unpaired) electrons. The van der Waals surface area contributed by atoms with Crippen LogP contribution in [0.2, 0.25) is 0 Å². The minimum Gasteiger partial charge on any atom is -0.370 e. The number of amides is 2. The van der Waals surface area contributed by atoms with Crippen molar-refractivity contribution in [2.45, 2.75) is 6.42 Å². The molecule has 7 heteroatoms. The Bertz CT molecular complexity index is 574. The van der Waals surface area contributed by atoms with Gasteiger partial charge in [-0.1, -0.05) is 0 Å². The van der Waals surface area contributed by atoms with Crippen molar-refractivity contribution >= 4 is 39.2 Å². The van der Waals surface area contributed by atoms with Crippen LogP contribution < -0.4 is 10.6 Å². The number of Topliss-reactive ketones (excluding diaryl/α,β-unsaturated/α-hetero) is 1. The molecule has 0 aliphatic carbocycles. The maximum absolute atomic E-state index is 13.2. The van der Waals surface area contributed by atoms with E-state index in [1.54, 1.807) is 0 Å². The Labute approximate surface area is 110 Å². The second-order valence-electron chi connectivity index (χ2n) is 3.79. The molecule has 0 spiro atoms. The monoisotopic (exact) mass is 314 g/mol. The third kappa shape index (κ3) is 2.01. The molecule has 2 N–H and O–H groups in total. The van der Waals surface area contributed by atoms with Crippen molar-refractivity contribution in [2.24, 2.45) is 5.73 Å². The standard InChI is InChI=1S/C11H8BrFN2O3/c12-7-4-5(13)3-6-9(7)15(2-1-8(14)16)11(18)10(6)17/h3-4H,1-2H2,(H2,14,16). The molecule has 1 heterocycles. The molecule has 0 bridgehead atoms. The maximum Gasteiger partial charge on any atom is 0.299 e. The smallest absolute Gasteiger partial charge is 0.299 e. The molecule has 0 aromatic heterocycles. The van der Waals surface area contributed by atoms with Crippen molar-refractivity contribution in [3.63, 3.8) is 0 Å². The fourth-order valence-electron chi connectivity index (χ4n) is 1.79. The summed E-state index contributed by atoms with van der Waals surface area (Å²) >= 11 is 3.10. The first kappa shape index (κ1) is 12.7. The first-order chi connectivity index (χ1) is 8.41. The lowest BCUT2D eigenvalue weighted by Crippen LogP contribution is -2.33. The summed E-state index contributed by atoms with van der Waals surface area (Å²) in [4.78, 5) is 35.2. The third-order valence-electron chi connectivity index (χ3n) is 2.56. The normalized spacial score (nSPS) is 14.0. The maximum atomic E-state index is 13.2. The third-order valence-corrected chi connectivity index (χ3v) is 3.17. The zero-order chi connectivity index (χ0) is 13.4. The number of hydrogen-bond donors (Lipinski definition) is 1. The Kier molecular flexibility index (Phi) is 3.16. The minimum absolute atomic E-state index is 0.00284. The number of ketones is 1. The van der Waals surface area contributed by atoms with E-state index in [4.69, 9.17) is 5.73 Å². The number of anilines is 1. The van der Waals surface area contributed by atoms with Gasteiger partial charge in [-0.25, -0.2) is 4.39 Å². The Morgan fingerprint density at radius 2 is 2.06 bits per heavy atom. The van der Waals surface area contributed by atoms with Gasteiger partial charge in [0.2, 0.25) is 5.91 Å². The van der Waals surface area contributed by atoms with E-state index in [9.17, 15) is 18.8 Å². The van der Waals surface area contributed by atoms with E-state index < -0.39 is 23.4 Å². The van der Waals surface area contributed by atoms with Crippen LogP contribution in [-0.2, 0) is 9.59 Å². The number of rotatable bonds is 3. The van der Waals surface area contributed by atoms with E-state index in [1.807, 2.05) is 0 Å². The Morgan fingerprint density at radius 3 is 2.67 bits per heavy atom. The van der Waals surface area contributed by atoms with E-state index in [2.05, 4.69) is 15.9 Å². The van der Waals surface area contributed by atoms with Crippen LogP contribution in [-0.4, -0.2) is 24.1 Å². The van der Waals surface area contributed by atoms with E-state index in [0.717, 1.165) is 17.0 Å². The lowest BCUT2D eigenvalue weighted by molar-refractivity contribution is -0.118. The van der Waals surface area contributed by atoms with Gasteiger partial charge in [0.15, 0.2) is 0 Å². The number of fused-ring (bicyclic) bond motifs is 1. The zero-order valence-electron chi connectivity index (χ0n) is 9.07. The van der Waals surface area contributed by atoms with Crippen molar-refractivity contribution in [2.75, 3.05) is 11.4 Å². The van der Waals surface area contributed by atoms with E-state index in [1.165, 1.54) is 0 Å². The molecule has 1 aliphatic rings. The van der Waals surface area contributed by atoms with E-state index in [-0.39, 0.29) is 24.2 Å². The number of hydrogen-bond acceptors (Lipinski definition) is 3. The predicted molar refractivity (Wildman–Crippen MR) is 64.6 cm³/mol. The van der Waals surface area contributed by atoms with Crippen molar-refractivity contribution in [3.8, 4) is 0 Å².